The molecule has 168 valence electrons. The predicted octanol–water partition coefficient (Wildman–Crippen LogP) is 3.77. The third-order valence-electron chi connectivity index (χ3n) is 5.80. The van der Waals surface area contributed by atoms with Crippen LogP contribution in [0.15, 0.2) is 52.7 Å². The number of nitro benzene ring substituents is 1. The Morgan fingerprint density at radius 1 is 1.09 bits per heavy atom. The maximum absolute atomic E-state index is 12.9. The molecule has 0 saturated carbocycles. The molecule has 0 unspecified atom stereocenters. The summed E-state index contributed by atoms with van der Waals surface area (Å²) in [5.74, 6) is 0. The number of hydrogen-bond acceptors (Lipinski definition) is 7. The Balaban J connectivity index is 1.42. The van der Waals surface area contributed by atoms with Crippen LogP contribution in [0, 0.1) is 24.0 Å². The van der Waals surface area contributed by atoms with Crippen LogP contribution in [0.3, 0.4) is 0 Å². The number of sulfonamides is 1. The summed E-state index contributed by atoms with van der Waals surface area (Å²) in [5.41, 5.74) is 4.57. The number of aromatic nitrogens is 1. The van der Waals surface area contributed by atoms with Gasteiger partial charge in [0.05, 0.1) is 15.5 Å². The molecular weight excluding hydrogens is 448 g/mol. The number of rotatable bonds is 6. The van der Waals surface area contributed by atoms with Crippen LogP contribution in [0.1, 0.15) is 22.4 Å². The van der Waals surface area contributed by atoms with Crippen molar-refractivity contribution in [2.75, 3.05) is 31.1 Å². The number of aryl methyl sites for hydroxylation is 1. The standard InChI is InChI=1S/C22H24N4O4S2/c1-16-5-3-6-18(17(16)2)13-19-15-31-22(23-19)24-9-11-25(12-10-24)32(29,30)21-8-4-7-20(14-21)26(27)28/h3-8,14-15H,9-13H2,1-2H3. The Morgan fingerprint density at radius 2 is 1.81 bits per heavy atom. The smallest absolute Gasteiger partial charge is 0.270 e. The second-order valence-electron chi connectivity index (χ2n) is 7.80. The lowest BCUT2D eigenvalue weighted by Crippen LogP contribution is -2.48. The molecule has 2 aromatic carbocycles. The minimum Gasteiger partial charge on any atom is -0.345 e. The third-order valence-corrected chi connectivity index (χ3v) is 8.65. The third kappa shape index (κ3) is 4.52. The second kappa shape index (κ2) is 8.97. The normalized spacial score (nSPS) is 15.1. The minimum atomic E-state index is -3.78. The largest absolute Gasteiger partial charge is 0.345 e. The maximum Gasteiger partial charge on any atom is 0.270 e. The van der Waals surface area contributed by atoms with Gasteiger partial charge in [0.15, 0.2) is 5.13 Å². The van der Waals surface area contributed by atoms with Crippen LogP contribution in [0.2, 0.25) is 0 Å². The van der Waals surface area contributed by atoms with Crippen LogP contribution in [-0.4, -0.2) is 48.8 Å². The Morgan fingerprint density at radius 3 is 2.53 bits per heavy atom. The molecule has 1 saturated heterocycles. The van der Waals surface area contributed by atoms with Crippen molar-refractivity contribution in [1.82, 2.24) is 9.29 Å². The van der Waals surface area contributed by atoms with E-state index >= 15 is 0 Å². The summed E-state index contributed by atoms with van der Waals surface area (Å²) in [7, 11) is -3.78. The van der Waals surface area contributed by atoms with Crippen molar-refractivity contribution < 1.29 is 13.3 Å². The molecule has 1 aliphatic heterocycles. The predicted molar refractivity (Wildman–Crippen MR) is 125 cm³/mol. The van der Waals surface area contributed by atoms with Crippen LogP contribution in [0.4, 0.5) is 10.8 Å². The van der Waals surface area contributed by atoms with E-state index in [1.54, 1.807) is 11.3 Å². The van der Waals surface area contributed by atoms with E-state index in [1.165, 1.54) is 39.2 Å². The first-order valence-corrected chi connectivity index (χ1v) is 12.6. The van der Waals surface area contributed by atoms with E-state index in [0.29, 0.717) is 26.2 Å². The molecule has 0 amide bonds. The van der Waals surface area contributed by atoms with Gasteiger partial charge in [-0.25, -0.2) is 13.4 Å². The number of anilines is 1. The molecule has 3 aromatic rings. The molecule has 0 N–H and O–H groups in total. The van der Waals surface area contributed by atoms with Crippen LogP contribution in [0.25, 0.3) is 0 Å². The molecule has 0 atom stereocenters. The summed E-state index contributed by atoms with van der Waals surface area (Å²) in [5, 5.41) is 13.9. The van der Waals surface area contributed by atoms with Crippen LogP contribution >= 0.6 is 11.3 Å². The van der Waals surface area contributed by atoms with Gasteiger partial charge in [-0.1, -0.05) is 24.3 Å². The highest BCUT2D eigenvalue weighted by Crippen LogP contribution is 2.27. The van der Waals surface area contributed by atoms with Crippen LogP contribution < -0.4 is 4.90 Å². The minimum absolute atomic E-state index is 0.0507. The Hall–Kier alpha value is -2.82. The quantitative estimate of drug-likeness (QED) is 0.400. The Kier molecular flexibility index (Phi) is 6.27. The first kappa shape index (κ1) is 22.4. The van der Waals surface area contributed by atoms with Crippen LogP contribution in [0.5, 0.6) is 0 Å². The topological polar surface area (TPSA) is 96.7 Å². The molecule has 10 heteroatoms. The van der Waals surface area contributed by atoms with E-state index in [1.807, 2.05) is 0 Å². The van der Waals surface area contributed by atoms with E-state index in [0.717, 1.165) is 23.3 Å². The highest BCUT2D eigenvalue weighted by molar-refractivity contribution is 7.89. The molecule has 1 aliphatic rings. The number of piperazine rings is 1. The molecule has 1 aromatic heterocycles. The zero-order valence-corrected chi connectivity index (χ0v) is 19.5. The molecule has 1 fully saturated rings. The van der Waals surface area contributed by atoms with Gasteiger partial charge < -0.3 is 4.90 Å². The monoisotopic (exact) mass is 472 g/mol. The number of hydrogen-bond donors (Lipinski definition) is 0. The van der Waals surface area contributed by atoms with Crippen molar-refractivity contribution in [3.8, 4) is 0 Å². The average Bonchev–Trinajstić information content (AvgIpc) is 3.25. The molecule has 2 heterocycles. The van der Waals surface area contributed by atoms with Gasteiger partial charge in [-0.15, -0.1) is 11.3 Å². The molecular formula is C22H24N4O4S2. The molecule has 32 heavy (non-hydrogen) atoms. The average molecular weight is 473 g/mol. The Bertz CT molecular complexity index is 1250. The molecule has 0 radical (unpaired) electrons. The lowest BCUT2D eigenvalue weighted by atomic mass is 10.0. The lowest BCUT2D eigenvalue weighted by Gasteiger charge is -2.33. The first-order chi connectivity index (χ1) is 15.3. The van der Waals surface area contributed by atoms with Gasteiger partial charge in [-0.3, -0.25) is 10.1 Å². The summed E-state index contributed by atoms with van der Waals surface area (Å²) < 4.78 is 27.3. The van der Waals surface area contributed by atoms with Crippen molar-refractivity contribution in [2.45, 2.75) is 25.2 Å². The zero-order valence-electron chi connectivity index (χ0n) is 17.9. The van der Waals surface area contributed by atoms with Gasteiger partial charge in [0, 0.05) is 50.1 Å². The second-order valence-corrected chi connectivity index (χ2v) is 10.6. The summed E-state index contributed by atoms with van der Waals surface area (Å²) in [6.45, 7) is 5.87. The summed E-state index contributed by atoms with van der Waals surface area (Å²) in [6.07, 6.45) is 0.769. The molecule has 8 nitrogen and oxygen atoms in total. The molecule has 0 bridgehead atoms. The highest BCUT2D eigenvalue weighted by Gasteiger charge is 2.30. The van der Waals surface area contributed by atoms with Crippen molar-refractivity contribution in [2.24, 2.45) is 0 Å². The van der Waals surface area contributed by atoms with Gasteiger partial charge in [-0.2, -0.15) is 4.31 Å². The lowest BCUT2D eigenvalue weighted by molar-refractivity contribution is -0.385. The van der Waals surface area contributed by atoms with Gasteiger partial charge >= 0.3 is 0 Å². The summed E-state index contributed by atoms with van der Waals surface area (Å²) >= 11 is 1.57. The molecule has 4 rings (SSSR count). The SMILES string of the molecule is Cc1cccc(Cc2csc(N3CCN(S(=O)(=O)c4cccc([N+](=O)[O-])c4)CC3)n2)c1C. The number of non-ortho nitro benzene ring substituents is 1. The molecule has 0 spiro atoms. The number of benzene rings is 2. The van der Waals surface area contributed by atoms with Gasteiger partial charge in [0.2, 0.25) is 10.0 Å². The highest BCUT2D eigenvalue weighted by atomic mass is 32.2. The van der Waals surface area contributed by atoms with Gasteiger partial charge in [0.1, 0.15) is 0 Å². The van der Waals surface area contributed by atoms with E-state index in [2.05, 4.69) is 42.3 Å². The van der Waals surface area contributed by atoms with Gasteiger partial charge in [-0.05, 0) is 36.6 Å². The fraction of sp³-hybridized carbons (Fsp3) is 0.318. The van der Waals surface area contributed by atoms with Crippen molar-refractivity contribution in [1.29, 1.82) is 0 Å². The Labute approximate surface area is 191 Å². The molecule has 0 aliphatic carbocycles. The van der Waals surface area contributed by atoms with Crippen molar-refractivity contribution in [3.63, 3.8) is 0 Å². The van der Waals surface area contributed by atoms with Gasteiger partial charge in [0.25, 0.3) is 5.69 Å². The number of nitro groups is 1. The van der Waals surface area contributed by atoms with E-state index in [4.69, 9.17) is 4.98 Å². The van der Waals surface area contributed by atoms with Crippen molar-refractivity contribution in [3.05, 3.63) is 80.3 Å². The maximum atomic E-state index is 12.9. The van der Waals surface area contributed by atoms with E-state index in [9.17, 15) is 18.5 Å². The number of thiazole rings is 1. The first-order valence-electron chi connectivity index (χ1n) is 10.2. The summed E-state index contributed by atoms with van der Waals surface area (Å²) in [4.78, 5) is 17.2. The van der Waals surface area contributed by atoms with Crippen LogP contribution in [-0.2, 0) is 16.4 Å². The fourth-order valence-electron chi connectivity index (χ4n) is 3.75. The van der Waals surface area contributed by atoms with Crippen molar-refractivity contribution >= 4 is 32.2 Å². The summed E-state index contributed by atoms with van der Waals surface area (Å²) in [6, 6.07) is 11.5. The fourth-order valence-corrected chi connectivity index (χ4v) is 6.09. The van der Waals surface area contributed by atoms with E-state index < -0.39 is 14.9 Å². The van der Waals surface area contributed by atoms with E-state index in [-0.39, 0.29) is 10.6 Å². The zero-order chi connectivity index (χ0) is 22.9. The number of nitrogens with zero attached hydrogens (tertiary/aromatic N) is 4.